The summed E-state index contributed by atoms with van der Waals surface area (Å²) in [6.07, 6.45) is 0.614. The minimum absolute atomic E-state index is 0.102. The van der Waals surface area contributed by atoms with Crippen molar-refractivity contribution in [3.8, 4) is 0 Å². The number of hydrogen-bond acceptors (Lipinski definition) is 3. The number of aliphatic carboxylic acids is 1. The van der Waals surface area contributed by atoms with Crippen molar-refractivity contribution in [1.82, 2.24) is 4.90 Å². The number of hydrogen-bond donors (Lipinski definition) is 2. The highest BCUT2D eigenvalue weighted by atomic mass is 79.9. The van der Waals surface area contributed by atoms with Crippen LogP contribution in [0.3, 0.4) is 0 Å². The molecule has 5 nitrogen and oxygen atoms in total. The van der Waals surface area contributed by atoms with E-state index in [9.17, 15) is 9.59 Å². The summed E-state index contributed by atoms with van der Waals surface area (Å²) < 4.78 is 0.839. The Morgan fingerprint density at radius 3 is 2.75 bits per heavy atom. The molecule has 0 saturated carbocycles. The molecule has 0 aliphatic heterocycles. The number of halogens is 2. The fourth-order valence-electron chi connectivity index (χ4n) is 1.60. The van der Waals surface area contributed by atoms with Crippen LogP contribution in [0.2, 0.25) is 5.02 Å². The summed E-state index contributed by atoms with van der Waals surface area (Å²) in [7, 11) is 1.77. The summed E-state index contributed by atoms with van der Waals surface area (Å²) in [6.45, 7) is 0.736. The van der Waals surface area contributed by atoms with Gasteiger partial charge >= 0.3 is 5.97 Å². The summed E-state index contributed by atoms with van der Waals surface area (Å²) in [5.41, 5.74) is 0.554. The SMILES string of the molecule is CN(CCCC(=O)O)CC(=O)Nc1ccc(Br)cc1Cl. The number of rotatable bonds is 7. The minimum atomic E-state index is -0.829. The van der Waals surface area contributed by atoms with Crippen LogP contribution in [-0.4, -0.2) is 42.0 Å². The molecule has 0 atom stereocenters. The largest absolute Gasteiger partial charge is 0.481 e. The fraction of sp³-hybridized carbons (Fsp3) is 0.385. The molecule has 20 heavy (non-hydrogen) atoms. The number of anilines is 1. The number of carbonyl (C=O) groups is 2. The van der Waals surface area contributed by atoms with Crippen molar-refractivity contribution < 1.29 is 14.7 Å². The molecule has 0 bridgehead atoms. The quantitative estimate of drug-likeness (QED) is 0.781. The summed E-state index contributed by atoms with van der Waals surface area (Å²) in [4.78, 5) is 24.0. The van der Waals surface area contributed by atoms with Gasteiger partial charge in [0.25, 0.3) is 0 Å². The van der Waals surface area contributed by atoms with Gasteiger partial charge < -0.3 is 10.4 Å². The Hall–Kier alpha value is -1.11. The normalized spacial score (nSPS) is 10.6. The van der Waals surface area contributed by atoms with Gasteiger partial charge in [-0.2, -0.15) is 0 Å². The lowest BCUT2D eigenvalue weighted by molar-refractivity contribution is -0.137. The monoisotopic (exact) mass is 362 g/mol. The Morgan fingerprint density at radius 1 is 1.45 bits per heavy atom. The Bertz CT molecular complexity index is 497. The molecule has 0 unspecified atom stereocenters. The van der Waals surface area contributed by atoms with Gasteiger partial charge in [0, 0.05) is 10.9 Å². The van der Waals surface area contributed by atoms with Crippen molar-refractivity contribution in [2.75, 3.05) is 25.5 Å². The maximum atomic E-state index is 11.8. The third-order valence-electron chi connectivity index (χ3n) is 2.55. The molecule has 1 aromatic rings. The van der Waals surface area contributed by atoms with E-state index in [-0.39, 0.29) is 18.9 Å². The van der Waals surface area contributed by atoms with E-state index in [1.165, 1.54) is 0 Å². The Kier molecular flexibility index (Phi) is 6.98. The van der Waals surface area contributed by atoms with Crippen molar-refractivity contribution in [3.05, 3.63) is 27.7 Å². The molecule has 0 aromatic heterocycles. The topological polar surface area (TPSA) is 69.6 Å². The lowest BCUT2D eigenvalue weighted by Gasteiger charge is -2.16. The van der Waals surface area contributed by atoms with Crippen LogP contribution in [0.1, 0.15) is 12.8 Å². The summed E-state index contributed by atoms with van der Waals surface area (Å²) in [6, 6.07) is 5.21. The third kappa shape index (κ3) is 6.36. The molecular weight excluding hydrogens is 348 g/mol. The van der Waals surface area contributed by atoms with Crippen LogP contribution in [0, 0.1) is 0 Å². The van der Waals surface area contributed by atoms with Crippen molar-refractivity contribution >= 4 is 45.1 Å². The molecule has 0 heterocycles. The van der Waals surface area contributed by atoms with Crippen LogP contribution in [0.5, 0.6) is 0 Å². The molecule has 0 spiro atoms. The third-order valence-corrected chi connectivity index (χ3v) is 3.36. The Balaban J connectivity index is 2.41. The fourth-order valence-corrected chi connectivity index (χ4v) is 2.33. The summed E-state index contributed by atoms with van der Waals surface area (Å²) >= 11 is 9.29. The van der Waals surface area contributed by atoms with Crippen molar-refractivity contribution in [3.63, 3.8) is 0 Å². The van der Waals surface area contributed by atoms with E-state index in [0.717, 1.165) is 4.47 Å². The molecule has 2 N–H and O–H groups in total. The lowest BCUT2D eigenvalue weighted by Crippen LogP contribution is -2.31. The van der Waals surface area contributed by atoms with E-state index >= 15 is 0 Å². The van der Waals surface area contributed by atoms with Crippen molar-refractivity contribution in [1.29, 1.82) is 0 Å². The Morgan fingerprint density at radius 2 is 2.15 bits per heavy atom. The highest BCUT2D eigenvalue weighted by Gasteiger charge is 2.09. The Labute approximate surface area is 131 Å². The highest BCUT2D eigenvalue weighted by Crippen LogP contribution is 2.25. The maximum Gasteiger partial charge on any atom is 0.303 e. The smallest absolute Gasteiger partial charge is 0.303 e. The predicted molar refractivity (Wildman–Crippen MR) is 82.1 cm³/mol. The second-order valence-electron chi connectivity index (χ2n) is 4.41. The first kappa shape index (κ1) is 16.9. The second-order valence-corrected chi connectivity index (χ2v) is 5.73. The van der Waals surface area contributed by atoms with Gasteiger partial charge in [0.1, 0.15) is 0 Å². The highest BCUT2D eigenvalue weighted by molar-refractivity contribution is 9.10. The maximum absolute atomic E-state index is 11.8. The van der Waals surface area contributed by atoms with Gasteiger partial charge in [-0.05, 0) is 38.2 Å². The van der Waals surface area contributed by atoms with Gasteiger partial charge in [-0.25, -0.2) is 0 Å². The molecule has 0 radical (unpaired) electrons. The molecule has 0 aliphatic rings. The number of carboxylic acid groups (broad SMARTS) is 1. The van der Waals surface area contributed by atoms with Gasteiger partial charge in [0.2, 0.25) is 5.91 Å². The first-order valence-corrected chi connectivity index (χ1v) is 7.21. The molecule has 1 rings (SSSR count). The summed E-state index contributed by atoms with van der Waals surface area (Å²) in [5.74, 6) is -1.02. The van der Waals surface area contributed by atoms with Crippen LogP contribution in [-0.2, 0) is 9.59 Å². The molecule has 110 valence electrons. The number of nitrogens with one attached hydrogen (secondary N) is 1. The average Bonchev–Trinajstić information content (AvgIpc) is 2.32. The molecule has 7 heteroatoms. The van der Waals surface area contributed by atoms with Crippen LogP contribution in [0.4, 0.5) is 5.69 Å². The first-order chi connectivity index (χ1) is 9.38. The second kappa shape index (κ2) is 8.24. The van der Waals surface area contributed by atoms with Crippen LogP contribution < -0.4 is 5.32 Å². The number of carbonyl (C=O) groups excluding carboxylic acids is 1. The van der Waals surface area contributed by atoms with E-state index in [2.05, 4.69) is 21.2 Å². The number of amides is 1. The number of benzene rings is 1. The van der Waals surface area contributed by atoms with E-state index in [4.69, 9.17) is 16.7 Å². The van der Waals surface area contributed by atoms with Crippen molar-refractivity contribution in [2.24, 2.45) is 0 Å². The predicted octanol–water partition coefficient (Wildman–Crippen LogP) is 2.84. The zero-order valence-electron chi connectivity index (χ0n) is 11.0. The first-order valence-electron chi connectivity index (χ1n) is 6.03. The molecule has 0 aliphatic carbocycles. The van der Waals surface area contributed by atoms with Gasteiger partial charge in [-0.1, -0.05) is 27.5 Å². The average molecular weight is 364 g/mol. The van der Waals surface area contributed by atoms with Gasteiger partial charge in [-0.15, -0.1) is 0 Å². The van der Waals surface area contributed by atoms with Crippen LogP contribution in [0.25, 0.3) is 0 Å². The van der Waals surface area contributed by atoms with Crippen LogP contribution >= 0.6 is 27.5 Å². The summed E-state index contributed by atoms with van der Waals surface area (Å²) in [5, 5.41) is 11.7. The molecular formula is C13H16BrClN2O3. The number of nitrogens with zero attached hydrogens (tertiary/aromatic N) is 1. The number of likely N-dealkylation sites (N-methyl/N-ethyl adjacent to an activating group) is 1. The lowest BCUT2D eigenvalue weighted by atomic mass is 10.3. The van der Waals surface area contributed by atoms with Crippen LogP contribution in [0.15, 0.2) is 22.7 Å². The molecule has 1 aromatic carbocycles. The van der Waals surface area contributed by atoms with E-state index < -0.39 is 5.97 Å². The van der Waals surface area contributed by atoms with Gasteiger partial charge in [0.15, 0.2) is 0 Å². The number of carboxylic acids is 1. The van der Waals surface area contributed by atoms with Crippen molar-refractivity contribution in [2.45, 2.75) is 12.8 Å². The van der Waals surface area contributed by atoms with E-state index in [1.807, 2.05) is 0 Å². The minimum Gasteiger partial charge on any atom is -0.481 e. The zero-order chi connectivity index (χ0) is 15.1. The molecule has 0 fully saturated rings. The molecule has 0 saturated heterocycles. The van der Waals surface area contributed by atoms with E-state index in [1.54, 1.807) is 30.1 Å². The van der Waals surface area contributed by atoms with E-state index in [0.29, 0.717) is 23.7 Å². The van der Waals surface area contributed by atoms with Gasteiger partial charge in [-0.3, -0.25) is 14.5 Å². The standard InChI is InChI=1S/C13H16BrClN2O3/c1-17(6-2-3-13(19)20)8-12(18)16-11-5-4-9(14)7-10(11)15/h4-5,7H,2-3,6,8H2,1H3,(H,16,18)(H,19,20). The van der Waals surface area contributed by atoms with Gasteiger partial charge in [0.05, 0.1) is 17.3 Å². The zero-order valence-corrected chi connectivity index (χ0v) is 13.4. The molecule has 1 amide bonds.